The topological polar surface area (TPSA) is 87.7 Å². The Morgan fingerprint density at radius 3 is 2.39 bits per heavy atom. The van der Waals surface area contributed by atoms with Gasteiger partial charge in [-0.2, -0.15) is 0 Å². The average molecular weight is 397 g/mol. The van der Waals surface area contributed by atoms with E-state index in [0.717, 1.165) is 12.1 Å². The van der Waals surface area contributed by atoms with Gasteiger partial charge in [-0.3, -0.25) is 9.59 Å². The molecule has 1 aromatic carbocycles. The van der Waals surface area contributed by atoms with Crippen LogP contribution in [0.4, 0.5) is 19.3 Å². The van der Waals surface area contributed by atoms with Crippen molar-refractivity contribution in [1.82, 2.24) is 10.2 Å². The lowest BCUT2D eigenvalue weighted by molar-refractivity contribution is -0.139. The Morgan fingerprint density at radius 1 is 1.18 bits per heavy atom. The van der Waals surface area contributed by atoms with E-state index in [2.05, 4.69) is 10.6 Å². The van der Waals surface area contributed by atoms with Crippen LogP contribution in [0.1, 0.15) is 33.6 Å². The number of halogens is 2. The molecule has 154 valence electrons. The number of piperidine rings is 1. The van der Waals surface area contributed by atoms with Crippen LogP contribution in [0, 0.1) is 17.0 Å². The zero-order valence-electron chi connectivity index (χ0n) is 16.2. The molecule has 1 fully saturated rings. The van der Waals surface area contributed by atoms with Crippen LogP contribution >= 0.6 is 0 Å². The van der Waals surface area contributed by atoms with Crippen molar-refractivity contribution in [2.75, 3.05) is 25.0 Å². The van der Waals surface area contributed by atoms with Crippen LogP contribution in [0.2, 0.25) is 0 Å². The lowest BCUT2D eigenvalue weighted by Crippen LogP contribution is -2.52. The maximum atomic E-state index is 13.7. The number of hydrogen-bond donors (Lipinski definition) is 2. The zero-order valence-corrected chi connectivity index (χ0v) is 16.2. The van der Waals surface area contributed by atoms with Crippen LogP contribution in [-0.2, 0) is 14.3 Å². The van der Waals surface area contributed by atoms with Crippen molar-refractivity contribution < 1.29 is 27.9 Å². The number of nitrogens with zero attached hydrogens (tertiary/aromatic N) is 1. The second kappa shape index (κ2) is 8.99. The number of ether oxygens (including phenoxy) is 1. The minimum Gasteiger partial charge on any atom is -0.450 e. The molecular weight excluding hydrogens is 372 g/mol. The van der Waals surface area contributed by atoms with Gasteiger partial charge in [0.2, 0.25) is 11.8 Å². The highest BCUT2D eigenvalue weighted by Crippen LogP contribution is 2.22. The third-order valence-electron chi connectivity index (χ3n) is 4.67. The number of carbonyl (C=O) groups excluding carboxylic acids is 3. The first-order chi connectivity index (χ1) is 13.1. The number of likely N-dealkylation sites (tertiary alicyclic amines) is 1. The lowest BCUT2D eigenvalue weighted by atomic mass is 9.90. The van der Waals surface area contributed by atoms with Gasteiger partial charge in [-0.25, -0.2) is 13.6 Å². The Hall–Kier alpha value is -2.71. The van der Waals surface area contributed by atoms with Crippen LogP contribution in [-0.4, -0.2) is 48.5 Å². The van der Waals surface area contributed by atoms with Crippen molar-refractivity contribution in [1.29, 1.82) is 0 Å². The number of hydrogen-bond acceptors (Lipinski definition) is 4. The largest absolute Gasteiger partial charge is 0.450 e. The van der Waals surface area contributed by atoms with Crippen molar-refractivity contribution in [3.05, 3.63) is 29.8 Å². The number of benzene rings is 1. The first-order valence-corrected chi connectivity index (χ1v) is 9.14. The van der Waals surface area contributed by atoms with Crippen molar-refractivity contribution in [3.63, 3.8) is 0 Å². The first kappa shape index (κ1) is 21.6. The van der Waals surface area contributed by atoms with Crippen molar-refractivity contribution in [3.8, 4) is 0 Å². The molecule has 1 aliphatic rings. The van der Waals surface area contributed by atoms with Gasteiger partial charge in [0, 0.05) is 25.2 Å². The van der Waals surface area contributed by atoms with Gasteiger partial charge >= 0.3 is 6.09 Å². The highest BCUT2D eigenvalue weighted by Gasteiger charge is 2.38. The third kappa shape index (κ3) is 5.17. The van der Waals surface area contributed by atoms with E-state index in [1.807, 2.05) is 0 Å². The van der Waals surface area contributed by atoms with Gasteiger partial charge in [0.1, 0.15) is 17.0 Å². The molecule has 1 aliphatic heterocycles. The monoisotopic (exact) mass is 397 g/mol. The van der Waals surface area contributed by atoms with Crippen LogP contribution in [0.5, 0.6) is 0 Å². The number of anilines is 1. The van der Waals surface area contributed by atoms with Crippen LogP contribution in [0.15, 0.2) is 18.2 Å². The molecule has 1 aromatic rings. The van der Waals surface area contributed by atoms with E-state index in [1.165, 1.54) is 13.8 Å². The van der Waals surface area contributed by atoms with E-state index in [1.54, 1.807) is 11.8 Å². The predicted molar refractivity (Wildman–Crippen MR) is 98.5 cm³/mol. The standard InChI is InChI=1S/C19H25F2N3O4/c1-4-28-18(27)24-9-7-13(8-10-24)22-16(25)19(2,3)17(26)23-15-6-5-12(20)11-14(15)21/h5-6,11,13H,4,7-10H2,1-3H3,(H,22,25)(H,23,26). The Balaban J connectivity index is 1.91. The minimum atomic E-state index is -1.47. The summed E-state index contributed by atoms with van der Waals surface area (Å²) in [4.78, 5) is 38.3. The molecule has 0 saturated carbocycles. The third-order valence-corrected chi connectivity index (χ3v) is 4.67. The van der Waals surface area contributed by atoms with Crippen molar-refractivity contribution in [2.45, 2.75) is 39.7 Å². The zero-order chi connectivity index (χ0) is 20.9. The van der Waals surface area contributed by atoms with E-state index in [0.29, 0.717) is 38.6 Å². The summed E-state index contributed by atoms with van der Waals surface area (Å²) in [7, 11) is 0. The lowest BCUT2D eigenvalue weighted by Gasteiger charge is -2.33. The smallest absolute Gasteiger partial charge is 0.409 e. The van der Waals surface area contributed by atoms with Crippen LogP contribution in [0.3, 0.4) is 0 Å². The maximum absolute atomic E-state index is 13.7. The fraction of sp³-hybridized carbons (Fsp3) is 0.526. The van der Waals surface area contributed by atoms with Gasteiger partial charge in [0.05, 0.1) is 12.3 Å². The summed E-state index contributed by atoms with van der Waals surface area (Å²) in [6.45, 7) is 5.76. The van der Waals surface area contributed by atoms with E-state index in [4.69, 9.17) is 4.74 Å². The minimum absolute atomic E-state index is 0.187. The molecule has 0 aliphatic carbocycles. The predicted octanol–water partition coefficient (Wildman–Crippen LogP) is 2.67. The summed E-state index contributed by atoms with van der Waals surface area (Å²) in [5.41, 5.74) is -1.67. The SMILES string of the molecule is CCOC(=O)N1CCC(NC(=O)C(C)(C)C(=O)Nc2ccc(F)cc2F)CC1. The number of rotatable bonds is 5. The summed E-state index contributed by atoms with van der Waals surface area (Å²) in [6.07, 6.45) is 0.692. The normalized spacial score (nSPS) is 15.1. The summed E-state index contributed by atoms with van der Waals surface area (Å²) >= 11 is 0. The molecule has 0 spiro atoms. The summed E-state index contributed by atoms with van der Waals surface area (Å²) in [5, 5.41) is 5.13. The van der Waals surface area contributed by atoms with E-state index in [9.17, 15) is 23.2 Å². The highest BCUT2D eigenvalue weighted by atomic mass is 19.1. The van der Waals surface area contributed by atoms with E-state index < -0.39 is 28.9 Å². The van der Waals surface area contributed by atoms with Gasteiger partial charge in [-0.1, -0.05) is 0 Å². The Bertz CT molecular complexity index is 747. The average Bonchev–Trinajstić information content (AvgIpc) is 2.64. The number of nitrogens with one attached hydrogen (secondary N) is 2. The molecule has 1 heterocycles. The summed E-state index contributed by atoms with van der Waals surface area (Å²) in [6, 6.07) is 2.58. The quantitative estimate of drug-likeness (QED) is 0.748. The van der Waals surface area contributed by atoms with Gasteiger partial charge in [0.25, 0.3) is 0 Å². The fourth-order valence-electron chi connectivity index (χ4n) is 2.76. The maximum Gasteiger partial charge on any atom is 0.409 e. The second-order valence-corrected chi connectivity index (χ2v) is 7.14. The number of carbonyl (C=O) groups is 3. The van der Waals surface area contributed by atoms with Gasteiger partial charge in [-0.15, -0.1) is 0 Å². The second-order valence-electron chi connectivity index (χ2n) is 7.14. The van der Waals surface area contributed by atoms with Crippen molar-refractivity contribution in [2.24, 2.45) is 5.41 Å². The van der Waals surface area contributed by atoms with E-state index in [-0.39, 0.29) is 17.8 Å². The van der Waals surface area contributed by atoms with Crippen LogP contribution in [0.25, 0.3) is 0 Å². The molecule has 0 unspecified atom stereocenters. The summed E-state index contributed by atoms with van der Waals surface area (Å²) in [5.74, 6) is -2.90. The Kier molecular flexibility index (Phi) is 6.93. The Morgan fingerprint density at radius 2 is 1.82 bits per heavy atom. The molecule has 28 heavy (non-hydrogen) atoms. The molecule has 3 amide bonds. The molecule has 2 N–H and O–H groups in total. The molecule has 2 rings (SSSR count). The molecule has 7 nitrogen and oxygen atoms in total. The van der Waals surface area contributed by atoms with Gasteiger partial charge in [-0.05, 0) is 45.7 Å². The molecule has 0 radical (unpaired) electrons. The van der Waals surface area contributed by atoms with Crippen molar-refractivity contribution >= 4 is 23.6 Å². The molecular formula is C19H25F2N3O4. The molecule has 0 atom stereocenters. The highest BCUT2D eigenvalue weighted by molar-refractivity contribution is 6.09. The fourth-order valence-corrected chi connectivity index (χ4v) is 2.76. The van der Waals surface area contributed by atoms with E-state index >= 15 is 0 Å². The van der Waals surface area contributed by atoms with Crippen LogP contribution < -0.4 is 10.6 Å². The molecule has 0 aromatic heterocycles. The molecule has 0 bridgehead atoms. The first-order valence-electron chi connectivity index (χ1n) is 9.14. The van der Waals surface area contributed by atoms with Gasteiger partial charge < -0.3 is 20.3 Å². The molecule has 9 heteroatoms. The Labute approximate surface area is 162 Å². The number of amides is 3. The molecule has 1 saturated heterocycles. The van der Waals surface area contributed by atoms with Gasteiger partial charge in [0.15, 0.2) is 0 Å². The summed E-state index contributed by atoms with van der Waals surface area (Å²) < 4.78 is 31.7.